The van der Waals surface area contributed by atoms with Crippen LogP contribution < -0.4 is 14.8 Å². The third-order valence-electron chi connectivity index (χ3n) is 7.63. The fourth-order valence-corrected chi connectivity index (χ4v) is 5.30. The molecular formula is C32H39N3O7. The van der Waals surface area contributed by atoms with Gasteiger partial charge in [0.1, 0.15) is 11.5 Å². The van der Waals surface area contributed by atoms with Crippen molar-refractivity contribution in [1.82, 2.24) is 15.2 Å². The first kappa shape index (κ1) is 30.8. The smallest absolute Gasteiger partial charge is 0.404 e. The van der Waals surface area contributed by atoms with Crippen molar-refractivity contribution in [3.05, 3.63) is 89.7 Å². The van der Waals surface area contributed by atoms with E-state index in [-0.39, 0.29) is 25.0 Å². The topological polar surface area (TPSA) is 130 Å². The van der Waals surface area contributed by atoms with Gasteiger partial charge in [-0.1, -0.05) is 48.9 Å². The Morgan fingerprint density at radius 1 is 0.929 bits per heavy atom. The van der Waals surface area contributed by atoms with Gasteiger partial charge in [0.05, 0.1) is 38.8 Å². The molecule has 3 unspecified atom stereocenters. The maximum atomic E-state index is 12.9. The molecule has 42 heavy (non-hydrogen) atoms. The summed E-state index contributed by atoms with van der Waals surface area (Å²) in [7, 11) is 3.21. The fraction of sp³-hybridized carbons (Fsp3) is 0.406. The number of carbonyl (C=O) groups is 2. The van der Waals surface area contributed by atoms with Gasteiger partial charge in [0.2, 0.25) is 5.91 Å². The number of pyridine rings is 1. The first-order valence-corrected chi connectivity index (χ1v) is 14.1. The Labute approximate surface area is 246 Å². The highest BCUT2D eigenvalue weighted by Crippen LogP contribution is 2.41. The first-order chi connectivity index (χ1) is 20.4. The van der Waals surface area contributed by atoms with E-state index in [2.05, 4.69) is 5.32 Å². The van der Waals surface area contributed by atoms with Crippen molar-refractivity contribution in [3.8, 4) is 11.5 Å². The Morgan fingerprint density at radius 2 is 1.62 bits per heavy atom. The zero-order valence-electron chi connectivity index (χ0n) is 24.1. The minimum atomic E-state index is -1.11. The molecule has 3 N–H and O–H groups in total. The predicted molar refractivity (Wildman–Crippen MR) is 157 cm³/mol. The zero-order valence-corrected chi connectivity index (χ0v) is 24.1. The second-order valence-electron chi connectivity index (χ2n) is 10.3. The Hall–Kier alpha value is -4.15. The molecule has 0 bridgehead atoms. The summed E-state index contributed by atoms with van der Waals surface area (Å²) in [5, 5.41) is 22.0. The molecule has 1 aromatic heterocycles. The van der Waals surface area contributed by atoms with E-state index in [1.807, 2.05) is 66.7 Å². The van der Waals surface area contributed by atoms with Gasteiger partial charge in [-0.25, -0.2) is 4.79 Å². The van der Waals surface area contributed by atoms with Crippen molar-refractivity contribution in [1.29, 1.82) is 0 Å². The lowest BCUT2D eigenvalue weighted by Gasteiger charge is -2.36. The fourth-order valence-electron chi connectivity index (χ4n) is 5.30. The number of carbonyl (C=O) groups excluding carboxylic acids is 1. The molecule has 2 aromatic carbocycles. The van der Waals surface area contributed by atoms with Crippen LogP contribution in [-0.4, -0.2) is 78.7 Å². The number of β-amino-alcohol motifs (C(OH)–C–C–N with tert-alkyl or cyclic N) is 1. The number of nitrogens with zero attached hydrogens (tertiary/aromatic N) is 2. The first-order valence-electron chi connectivity index (χ1n) is 14.1. The lowest BCUT2D eigenvalue weighted by Crippen LogP contribution is -2.37. The van der Waals surface area contributed by atoms with Gasteiger partial charge in [-0.2, -0.15) is 0 Å². The van der Waals surface area contributed by atoms with Crippen LogP contribution in [0.3, 0.4) is 0 Å². The molecular weight excluding hydrogens is 538 g/mol. The van der Waals surface area contributed by atoms with Gasteiger partial charge >= 0.3 is 6.09 Å². The van der Waals surface area contributed by atoms with Gasteiger partial charge in [0, 0.05) is 32.0 Å². The van der Waals surface area contributed by atoms with Gasteiger partial charge < -0.3 is 34.6 Å². The van der Waals surface area contributed by atoms with E-state index in [4.69, 9.17) is 24.3 Å². The summed E-state index contributed by atoms with van der Waals surface area (Å²) >= 11 is 0. The minimum absolute atomic E-state index is 0.0240. The van der Waals surface area contributed by atoms with Crippen LogP contribution in [0.4, 0.5) is 4.79 Å². The number of hydrogen-bond donors (Lipinski definition) is 3. The molecule has 0 spiro atoms. The molecule has 1 aliphatic rings. The molecule has 1 fully saturated rings. The molecule has 0 radical (unpaired) electrons. The number of ether oxygens (including phenoxy) is 3. The highest BCUT2D eigenvalue weighted by atomic mass is 16.5. The molecule has 3 aromatic rings. The van der Waals surface area contributed by atoms with E-state index >= 15 is 0 Å². The van der Waals surface area contributed by atoms with Crippen LogP contribution >= 0.6 is 0 Å². The maximum Gasteiger partial charge on any atom is 0.404 e. The number of amides is 2. The SMILES string of the molecule is COc1ccc(C(OCC2CN(C(=O)CCCCCNC(=O)O)CC2O)(c2ccccc2)c2ccc(OC)cn2)cc1. The quantitative estimate of drug-likeness (QED) is 0.245. The van der Waals surface area contributed by atoms with E-state index < -0.39 is 17.8 Å². The van der Waals surface area contributed by atoms with Crippen molar-refractivity contribution >= 4 is 12.0 Å². The van der Waals surface area contributed by atoms with Gasteiger partial charge in [0.25, 0.3) is 0 Å². The molecule has 10 heteroatoms. The van der Waals surface area contributed by atoms with Crippen LogP contribution in [0.15, 0.2) is 72.9 Å². The van der Waals surface area contributed by atoms with Gasteiger partial charge in [-0.15, -0.1) is 0 Å². The van der Waals surface area contributed by atoms with Gasteiger partial charge in [-0.3, -0.25) is 9.78 Å². The standard InChI is InChI=1S/C32H39N3O7/c1-40-26-14-12-25(13-15-26)32(24-9-5-3-6-10-24,29-17-16-27(41-2)19-34-29)42-22-23-20-35(21-28(23)36)30(37)11-7-4-8-18-33-31(38)39/h3,5-6,9-10,12-17,19,23,28,33,36H,4,7-8,11,18,20-22H2,1-2H3,(H,38,39). The van der Waals surface area contributed by atoms with Crippen LogP contribution in [0, 0.1) is 5.92 Å². The lowest BCUT2D eigenvalue weighted by atomic mass is 9.82. The molecule has 10 nitrogen and oxygen atoms in total. The minimum Gasteiger partial charge on any atom is -0.497 e. The van der Waals surface area contributed by atoms with Crippen LogP contribution in [0.25, 0.3) is 0 Å². The number of methoxy groups -OCH3 is 2. The Bertz CT molecular complexity index is 1240. The second kappa shape index (κ2) is 14.7. The van der Waals surface area contributed by atoms with Crippen molar-refractivity contribution in [2.24, 2.45) is 5.92 Å². The van der Waals surface area contributed by atoms with Crippen LogP contribution in [0.2, 0.25) is 0 Å². The number of benzene rings is 2. The number of hydrogen-bond acceptors (Lipinski definition) is 7. The Kier molecular flexibility index (Phi) is 10.7. The average Bonchev–Trinajstić information content (AvgIpc) is 3.40. The third-order valence-corrected chi connectivity index (χ3v) is 7.63. The van der Waals surface area contributed by atoms with Crippen LogP contribution in [-0.2, 0) is 15.1 Å². The summed E-state index contributed by atoms with van der Waals surface area (Å²) in [6.07, 6.45) is 2.30. The molecule has 2 amide bonds. The molecule has 1 saturated heterocycles. The summed E-state index contributed by atoms with van der Waals surface area (Å²) in [5.74, 6) is 1.01. The lowest BCUT2D eigenvalue weighted by molar-refractivity contribution is -0.130. The molecule has 3 atom stereocenters. The third kappa shape index (κ3) is 7.37. The molecule has 0 aliphatic carbocycles. The number of aliphatic hydroxyl groups excluding tert-OH is 1. The number of aromatic nitrogens is 1. The summed E-state index contributed by atoms with van der Waals surface area (Å²) in [6.45, 7) is 1.17. The van der Waals surface area contributed by atoms with Gasteiger partial charge in [0.15, 0.2) is 5.60 Å². The number of rotatable bonds is 14. The zero-order chi connectivity index (χ0) is 30.0. The number of nitrogens with one attached hydrogen (secondary N) is 1. The van der Waals surface area contributed by atoms with E-state index in [0.717, 1.165) is 17.5 Å². The molecule has 1 aliphatic heterocycles. The Morgan fingerprint density at radius 3 is 2.26 bits per heavy atom. The van der Waals surface area contributed by atoms with E-state index in [9.17, 15) is 14.7 Å². The molecule has 4 rings (SSSR count). The molecule has 0 saturated carbocycles. The van der Waals surface area contributed by atoms with Crippen molar-refractivity contribution < 1.29 is 34.0 Å². The van der Waals surface area contributed by atoms with E-state index in [1.54, 1.807) is 25.3 Å². The second-order valence-corrected chi connectivity index (χ2v) is 10.3. The number of likely N-dealkylation sites (tertiary alicyclic amines) is 1. The summed E-state index contributed by atoms with van der Waals surface area (Å²) in [5.41, 5.74) is 1.24. The predicted octanol–water partition coefficient (Wildman–Crippen LogP) is 4.05. The molecule has 224 valence electrons. The summed E-state index contributed by atoms with van der Waals surface area (Å²) < 4.78 is 17.6. The summed E-state index contributed by atoms with van der Waals surface area (Å²) in [6, 6.07) is 21.2. The number of aliphatic hydroxyl groups is 1. The van der Waals surface area contributed by atoms with Crippen molar-refractivity contribution in [2.75, 3.05) is 40.5 Å². The number of carboxylic acid groups (broad SMARTS) is 1. The van der Waals surface area contributed by atoms with Crippen molar-refractivity contribution in [2.45, 2.75) is 37.4 Å². The summed E-state index contributed by atoms with van der Waals surface area (Å²) in [4.78, 5) is 29.9. The largest absolute Gasteiger partial charge is 0.497 e. The van der Waals surface area contributed by atoms with Crippen LogP contribution in [0.1, 0.15) is 42.5 Å². The maximum absolute atomic E-state index is 12.9. The van der Waals surface area contributed by atoms with Gasteiger partial charge in [-0.05, 0) is 48.2 Å². The van der Waals surface area contributed by atoms with E-state index in [0.29, 0.717) is 49.5 Å². The highest BCUT2D eigenvalue weighted by Gasteiger charge is 2.42. The van der Waals surface area contributed by atoms with E-state index in [1.165, 1.54) is 0 Å². The number of unbranched alkanes of at least 4 members (excludes halogenated alkanes) is 2. The Balaban J connectivity index is 1.54. The van der Waals surface area contributed by atoms with Crippen molar-refractivity contribution in [3.63, 3.8) is 0 Å². The van der Waals surface area contributed by atoms with Crippen LogP contribution in [0.5, 0.6) is 11.5 Å². The molecule has 2 heterocycles. The normalized spacial score (nSPS) is 17.8. The monoisotopic (exact) mass is 577 g/mol. The highest BCUT2D eigenvalue weighted by molar-refractivity contribution is 5.76. The average molecular weight is 578 g/mol.